The lowest BCUT2D eigenvalue weighted by Gasteiger charge is -2.32. The van der Waals surface area contributed by atoms with Gasteiger partial charge in [-0.1, -0.05) is 70.2 Å². The zero-order valence-corrected chi connectivity index (χ0v) is 16.2. The van der Waals surface area contributed by atoms with Crippen LogP contribution in [0.2, 0.25) is 0 Å². The summed E-state index contributed by atoms with van der Waals surface area (Å²) in [5.41, 5.74) is 11.5. The van der Waals surface area contributed by atoms with Gasteiger partial charge >= 0.3 is 6.09 Å². The maximum Gasteiger partial charge on any atom is 0.405 e. The quantitative estimate of drug-likeness (QED) is 0.721. The molecule has 2 aromatic carbocycles. The van der Waals surface area contributed by atoms with Gasteiger partial charge in [-0.05, 0) is 53.0 Å². The Bertz CT molecular complexity index is 806. The highest BCUT2D eigenvalue weighted by atomic mass is 16.6. The van der Waals surface area contributed by atoms with Gasteiger partial charge in [0.1, 0.15) is 6.10 Å². The third kappa shape index (κ3) is 3.23. The summed E-state index contributed by atoms with van der Waals surface area (Å²) in [5.74, 6) is 0.505. The topological polar surface area (TPSA) is 52.3 Å². The maximum absolute atomic E-state index is 11.5. The number of ether oxygens (including phenoxy) is 1. The summed E-state index contributed by atoms with van der Waals surface area (Å²) in [7, 11) is 0. The zero-order chi connectivity index (χ0) is 18.9. The molecule has 0 spiro atoms. The Morgan fingerprint density at radius 3 is 2.46 bits per heavy atom. The largest absolute Gasteiger partial charge is 0.441 e. The van der Waals surface area contributed by atoms with E-state index < -0.39 is 6.09 Å². The molecule has 0 heterocycles. The van der Waals surface area contributed by atoms with Gasteiger partial charge in [0, 0.05) is 5.41 Å². The second kappa shape index (κ2) is 7.14. The van der Waals surface area contributed by atoms with Gasteiger partial charge in [0.2, 0.25) is 0 Å². The molecule has 1 unspecified atom stereocenters. The Kier molecular flexibility index (Phi) is 5.08. The molecule has 1 aliphatic carbocycles. The Labute approximate surface area is 156 Å². The van der Waals surface area contributed by atoms with Crippen molar-refractivity contribution in [1.29, 1.82) is 0 Å². The molecule has 3 nitrogen and oxygen atoms in total. The lowest BCUT2D eigenvalue weighted by atomic mass is 9.77. The second-order valence-electron chi connectivity index (χ2n) is 7.76. The highest BCUT2D eigenvalue weighted by Gasteiger charge is 2.46. The molecular formula is C23H29NO2. The van der Waals surface area contributed by atoms with E-state index in [2.05, 4.69) is 70.2 Å². The Hall–Kier alpha value is -2.29. The van der Waals surface area contributed by atoms with Crippen molar-refractivity contribution in [3.63, 3.8) is 0 Å². The molecule has 0 bridgehead atoms. The SMILES string of the molecule is CCC1(CC)Cc2cc(-c3cccc(C(C)C)c3)ccc2C1OC(N)=O. The molecule has 0 saturated carbocycles. The lowest BCUT2D eigenvalue weighted by molar-refractivity contribution is 0.0140. The van der Waals surface area contributed by atoms with Crippen molar-refractivity contribution >= 4 is 6.09 Å². The molecule has 0 radical (unpaired) electrons. The average Bonchev–Trinajstić information content (AvgIpc) is 2.94. The number of primary amides is 1. The molecule has 3 rings (SSSR count). The van der Waals surface area contributed by atoms with E-state index in [0.29, 0.717) is 5.92 Å². The van der Waals surface area contributed by atoms with Crippen molar-refractivity contribution in [3.8, 4) is 11.1 Å². The minimum atomic E-state index is -0.692. The summed E-state index contributed by atoms with van der Waals surface area (Å²) in [5, 5.41) is 0. The van der Waals surface area contributed by atoms with Gasteiger partial charge in [-0.25, -0.2) is 4.79 Å². The Balaban J connectivity index is 2.02. The molecule has 1 aliphatic rings. The van der Waals surface area contributed by atoms with Crippen molar-refractivity contribution in [3.05, 3.63) is 59.2 Å². The van der Waals surface area contributed by atoms with Gasteiger partial charge in [0.05, 0.1) is 0 Å². The number of hydrogen-bond acceptors (Lipinski definition) is 2. The van der Waals surface area contributed by atoms with Crippen LogP contribution in [0.25, 0.3) is 11.1 Å². The number of hydrogen-bond donors (Lipinski definition) is 1. The van der Waals surface area contributed by atoms with Crippen LogP contribution in [-0.2, 0) is 11.2 Å². The average molecular weight is 351 g/mol. The van der Waals surface area contributed by atoms with Crippen LogP contribution >= 0.6 is 0 Å². The van der Waals surface area contributed by atoms with E-state index in [1.165, 1.54) is 22.3 Å². The molecule has 2 aromatic rings. The number of carbonyl (C=O) groups is 1. The number of fused-ring (bicyclic) bond motifs is 1. The molecule has 0 fully saturated rings. The molecule has 0 saturated heterocycles. The lowest BCUT2D eigenvalue weighted by Crippen LogP contribution is -2.30. The van der Waals surface area contributed by atoms with Crippen LogP contribution in [0, 0.1) is 5.41 Å². The fourth-order valence-corrected chi connectivity index (χ4v) is 4.25. The zero-order valence-electron chi connectivity index (χ0n) is 16.2. The molecule has 0 aromatic heterocycles. The highest BCUT2D eigenvalue weighted by molar-refractivity contribution is 5.68. The van der Waals surface area contributed by atoms with E-state index in [-0.39, 0.29) is 11.5 Å². The first-order valence-corrected chi connectivity index (χ1v) is 9.59. The first-order valence-electron chi connectivity index (χ1n) is 9.59. The normalized spacial score (nSPS) is 18.0. The number of benzene rings is 2. The first kappa shape index (κ1) is 18.5. The molecule has 0 aliphatic heterocycles. The minimum Gasteiger partial charge on any atom is -0.441 e. The summed E-state index contributed by atoms with van der Waals surface area (Å²) in [6, 6.07) is 15.2. The summed E-state index contributed by atoms with van der Waals surface area (Å²) < 4.78 is 5.57. The fourth-order valence-electron chi connectivity index (χ4n) is 4.25. The van der Waals surface area contributed by atoms with E-state index >= 15 is 0 Å². The van der Waals surface area contributed by atoms with Crippen molar-refractivity contribution in [2.75, 3.05) is 0 Å². The van der Waals surface area contributed by atoms with Gasteiger partial charge in [0.15, 0.2) is 0 Å². The van der Waals surface area contributed by atoms with Crippen LogP contribution in [-0.4, -0.2) is 6.09 Å². The molecule has 1 atom stereocenters. The number of rotatable bonds is 5. The van der Waals surface area contributed by atoms with Crippen molar-refractivity contribution in [1.82, 2.24) is 0 Å². The van der Waals surface area contributed by atoms with Gasteiger partial charge in [-0.15, -0.1) is 0 Å². The molecule has 2 N–H and O–H groups in total. The first-order chi connectivity index (χ1) is 12.4. The Morgan fingerprint density at radius 2 is 1.85 bits per heavy atom. The second-order valence-corrected chi connectivity index (χ2v) is 7.76. The monoisotopic (exact) mass is 351 g/mol. The van der Waals surface area contributed by atoms with E-state index in [0.717, 1.165) is 24.8 Å². The molecule has 1 amide bonds. The summed E-state index contributed by atoms with van der Waals surface area (Å²) in [6.07, 6.45) is 1.89. The third-order valence-corrected chi connectivity index (χ3v) is 6.05. The van der Waals surface area contributed by atoms with Crippen LogP contribution < -0.4 is 5.73 Å². The van der Waals surface area contributed by atoms with Crippen LogP contribution in [0.4, 0.5) is 4.79 Å². The molecule has 26 heavy (non-hydrogen) atoms. The highest BCUT2D eigenvalue weighted by Crippen LogP contribution is 2.52. The van der Waals surface area contributed by atoms with E-state index in [4.69, 9.17) is 10.5 Å². The number of amides is 1. The molecule has 138 valence electrons. The van der Waals surface area contributed by atoms with Crippen LogP contribution in [0.3, 0.4) is 0 Å². The van der Waals surface area contributed by atoms with Crippen molar-refractivity contribution in [2.24, 2.45) is 11.1 Å². The predicted octanol–water partition coefficient (Wildman–Crippen LogP) is 5.98. The molecular weight excluding hydrogens is 322 g/mol. The van der Waals surface area contributed by atoms with Gasteiger partial charge in [-0.2, -0.15) is 0 Å². The predicted molar refractivity (Wildman–Crippen MR) is 106 cm³/mol. The van der Waals surface area contributed by atoms with Gasteiger partial charge in [0.25, 0.3) is 0 Å². The van der Waals surface area contributed by atoms with Gasteiger partial charge in [-0.3, -0.25) is 0 Å². The van der Waals surface area contributed by atoms with Crippen molar-refractivity contribution in [2.45, 2.75) is 59.0 Å². The van der Waals surface area contributed by atoms with E-state index in [9.17, 15) is 4.79 Å². The number of nitrogens with two attached hydrogens (primary N) is 1. The van der Waals surface area contributed by atoms with Crippen LogP contribution in [0.15, 0.2) is 42.5 Å². The smallest absolute Gasteiger partial charge is 0.405 e. The minimum absolute atomic E-state index is 0.0598. The fraction of sp³-hybridized carbons (Fsp3) is 0.435. The Morgan fingerprint density at radius 1 is 1.15 bits per heavy atom. The van der Waals surface area contributed by atoms with Crippen molar-refractivity contribution < 1.29 is 9.53 Å². The van der Waals surface area contributed by atoms with E-state index in [1.807, 2.05) is 0 Å². The van der Waals surface area contributed by atoms with E-state index in [1.54, 1.807) is 0 Å². The molecule has 3 heteroatoms. The third-order valence-electron chi connectivity index (χ3n) is 6.05. The van der Waals surface area contributed by atoms with Crippen LogP contribution in [0.5, 0.6) is 0 Å². The summed E-state index contributed by atoms with van der Waals surface area (Å²) in [4.78, 5) is 11.5. The van der Waals surface area contributed by atoms with Crippen LogP contribution in [0.1, 0.15) is 69.2 Å². The maximum atomic E-state index is 11.5. The number of carbonyl (C=O) groups excluding carboxylic acids is 1. The standard InChI is InChI=1S/C23H29NO2/c1-5-23(6-2)14-19-13-18(10-11-20(19)21(23)26-22(24)25)17-9-7-8-16(12-17)15(3)4/h7-13,15,21H,5-6,14H2,1-4H3,(H2,24,25). The summed E-state index contributed by atoms with van der Waals surface area (Å²) in [6.45, 7) is 8.76. The summed E-state index contributed by atoms with van der Waals surface area (Å²) >= 11 is 0. The van der Waals surface area contributed by atoms with Gasteiger partial charge < -0.3 is 10.5 Å².